The molecule has 0 bridgehead atoms. The van der Waals surface area contributed by atoms with Crippen LogP contribution in [0.4, 0.5) is 5.82 Å². The van der Waals surface area contributed by atoms with E-state index in [1.165, 1.54) is 0 Å². The Morgan fingerprint density at radius 3 is 2.85 bits per heavy atom. The van der Waals surface area contributed by atoms with Crippen LogP contribution in [-0.2, 0) is 4.79 Å². The largest absolute Gasteiger partial charge is 0.353 e. The van der Waals surface area contributed by atoms with Crippen LogP contribution >= 0.6 is 11.6 Å². The molecule has 7 heteroatoms. The van der Waals surface area contributed by atoms with Crippen molar-refractivity contribution in [1.29, 1.82) is 0 Å². The third-order valence-electron chi connectivity index (χ3n) is 4.84. The van der Waals surface area contributed by atoms with Crippen LogP contribution in [0.2, 0.25) is 5.02 Å². The maximum Gasteiger partial charge on any atom is 0.219 e. The van der Waals surface area contributed by atoms with Gasteiger partial charge >= 0.3 is 0 Å². The van der Waals surface area contributed by atoms with Gasteiger partial charge in [0.2, 0.25) is 5.91 Å². The molecule has 26 heavy (non-hydrogen) atoms. The summed E-state index contributed by atoms with van der Waals surface area (Å²) in [6.45, 7) is 5.86. The fraction of sp³-hybridized carbons (Fsp3) is 0.316. The number of amides is 1. The van der Waals surface area contributed by atoms with Crippen molar-refractivity contribution in [3.05, 3.63) is 41.6 Å². The van der Waals surface area contributed by atoms with Crippen molar-refractivity contribution in [1.82, 2.24) is 19.9 Å². The molecule has 6 nitrogen and oxygen atoms in total. The van der Waals surface area contributed by atoms with Crippen molar-refractivity contribution in [3.63, 3.8) is 0 Å². The number of hydrogen-bond donors (Lipinski definition) is 1. The average Bonchev–Trinajstić information content (AvgIpc) is 3.05. The summed E-state index contributed by atoms with van der Waals surface area (Å²) < 4.78 is 0. The molecule has 3 aromatic rings. The summed E-state index contributed by atoms with van der Waals surface area (Å²) in [6.07, 6.45) is 1.67. The Labute approximate surface area is 156 Å². The number of piperazine rings is 1. The van der Waals surface area contributed by atoms with Gasteiger partial charge in [0.05, 0.1) is 16.1 Å². The first kappa shape index (κ1) is 16.8. The first-order chi connectivity index (χ1) is 12.5. The molecule has 1 amide bonds. The SMILES string of the molecule is CC(=O)N1CCN(c2cc(-c3nc4ccccc4[nH]3)c(Cl)cn2)CC1C. The Kier molecular flexibility index (Phi) is 4.28. The second kappa shape index (κ2) is 6.61. The zero-order chi connectivity index (χ0) is 18.3. The van der Waals surface area contributed by atoms with Crippen molar-refractivity contribution in [3.8, 4) is 11.4 Å². The second-order valence-electron chi connectivity index (χ2n) is 6.63. The average molecular weight is 370 g/mol. The molecule has 2 aromatic heterocycles. The van der Waals surface area contributed by atoms with Crippen molar-refractivity contribution in [2.75, 3.05) is 24.5 Å². The van der Waals surface area contributed by atoms with Crippen LogP contribution in [0.5, 0.6) is 0 Å². The molecular formula is C19H20ClN5O. The van der Waals surface area contributed by atoms with E-state index in [9.17, 15) is 4.79 Å². The molecule has 1 saturated heterocycles. The molecule has 0 spiro atoms. The van der Waals surface area contributed by atoms with E-state index < -0.39 is 0 Å². The highest BCUT2D eigenvalue weighted by Gasteiger charge is 2.26. The predicted octanol–water partition coefficient (Wildman–Crippen LogP) is 3.34. The van der Waals surface area contributed by atoms with Crippen LogP contribution in [0.25, 0.3) is 22.4 Å². The number of hydrogen-bond acceptors (Lipinski definition) is 4. The van der Waals surface area contributed by atoms with Gasteiger partial charge in [-0.1, -0.05) is 23.7 Å². The summed E-state index contributed by atoms with van der Waals surface area (Å²) >= 11 is 6.40. The molecule has 1 aliphatic rings. The Hall–Kier alpha value is -2.60. The third-order valence-corrected chi connectivity index (χ3v) is 5.14. The minimum absolute atomic E-state index is 0.115. The summed E-state index contributed by atoms with van der Waals surface area (Å²) in [4.78, 5) is 28.2. The number of aromatic amines is 1. The van der Waals surface area contributed by atoms with Crippen LogP contribution in [0.15, 0.2) is 36.5 Å². The van der Waals surface area contributed by atoms with Gasteiger partial charge in [0.1, 0.15) is 11.6 Å². The van der Waals surface area contributed by atoms with Crippen LogP contribution in [-0.4, -0.2) is 51.4 Å². The fourth-order valence-corrected chi connectivity index (χ4v) is 3.69. The number of anilines is 1. The van der Waals surface area contributed by atoms with Crippen LogP contribution in [0.1, 0.15) is 13.8 Å². The zero-order valence-electron chi connectivity index (χ0n) is 14.7. The Balaban J connectivity index is 1.65. The molecule has 1 N–H and O–H groups in total. The maximum absolute atomic E-state index is 11.7. The highest BCUT2D eigenvalue weighted by atomic mass is 35.5. The van der Waals surface area contributed by atoms with E-state index in [4.69, 9.17) is 11.6 Å². The lowest BCUT2D eigenvalue weighted by Crippen LogP contribution is -2.53. The monoisotopic (exact) mass is 369 g/mol. The number of H-pyrrole nitrogens is 1. The number of para-hydroxylation sites is 2. The fourth-order valence-electron chi connectivity index (χ4n) is 3.50. The Bertz CT molecular complexity index is 936. The number of rotatable bonds is 2. The molecule has 0 saturated carbocycles. The summed E-state index contributed by atoms with van der Waals surface area (Å²) in [5, 5.41) is 0.559. The quantitative estimate of drug-likeness (QED) is 0.752. The standard InChI is InChI=1S/C19H20ClN5O/c1-12-11-24(7-8-25(12)13(2)26)18-9-14(15(20)10-21-18)19-22-16-5-3-4-6-17(16)23-19/h3-6,9-10,12H,7-8,11H2,1-2H3,(H,22,23). The molecule has 1 aliphatic heterocycles. The van der Waals surface area contributed by atoms with Crippen molar-refractivity contribution in [2.24, 2.45) is 0 Å². The van der Waals surface area contributed by atoms with Crippen molar-refractivity contribution < 1.29 is 4.79 Å². The smallest absolute Gasteiger partial charge is 0.219 e. The molecule has 4 rings (SSSR count). The number of carbonyl (C=O) groups excluding carboxylic acids is 1. The van der Waals surface area contributed by atoms with Crippen LogP contribution in [0, 0.1) is 0 Å². The van der Waals surface area contributed by atoms with E-state index in [1.807, 2.05) is 35.2 Å². The first-order valence-electron chi connectivity index (χ1n) is 8.66. The van der Waals surface area contributed by atoms with E-state index in [-0.39, 0.29) is 11.9 Å². The lowest BCUT2D eigenvalue weighted by atomic mass is 10.1. The van der Waals surface area contributed by atoms with Gasteiger partial charge in [-0.05, 0) is 25.1 Å². The molecule has 0 radical (unpaired) electrons. The number of benzene rings is 1. The topological polar surface area (TPSA) is 65.1 Å². The number of imidazole rings is 1. The van der Waals surface area contributed by atoms with Gasteiger partial charge in [-0.2, -0.15) is 0 Å². The highest BCUT2D eigenvalue weighted by Crippen LogP contribution is 2.30. The number of carbonyl (C=O) groups is 1. The predicted molar refractivity (Wildman–Crippen MR) is 103 cm³/mol. The summed E-state index contributed by atoms with van der Waals surface area (Å²) in [6, 6.07) is 10.0. The number of aromatic nitrogens is 3. The van der Waals surface area contributed by atoms with Gasteiger partial charge in [-0.3, -0.25) is 4.79 Å². The lowest BCUT2D eigenvalue weighted by Gasteiger charge is -2.40. The Morgan fingerprint density at radius 1 is 1.31 bits per heavy atom. The van der Waals surface area contributed by atoms with E-state index in [0.29, 0.717) is 11.6 Å². The van der Waals surface area contributed by atoms with E-state index in [2.05, 4.69) is 26.8 Å². The third kappa shape index (κ3) is 3.01. The minimum atomic E-state index is 0.115. The van der Waals surface area contributed by atoms with Gasteiger partial charge in [-0.15, -0.1) is 0 Å². The van der Waals surface area contributed by atoms with Gasteiger partial charge in [0.15, 0.2) is 0 Å². The molecule has 134 valence electrons. The lowest BCUT2D eigenvalue weighted by molar-refractivity contribution is -0.131. The van der Waals surface area contributed by atoms with Gasteiger partial charge < -0.3 is 14.8 Å². The summed E-state index contributed by atoms with van der Waals surface area (Å²) in [5.74, 6) is 1.69. The van der Waals surface area contributed by atoms with E-state index in [1.54, 1.807) is 13.1 Å². The summed E-state index contributed by atoms with van der Waals surface area (Å²) in [5.41, 5.74) is 2.70. The number of pyridine rings is 1. The normalized spacial score (nSPS) is 17.7. The minimum Gasteiger partial charge on any atom is -0.353 e. The molecule has 1 aromatic carbocycles. The van der Waals surface area contributed by atoms with Gasteiger partial charge in [-0.25, -0.2) is 9.97 Å². The molecular weight excluding hydrogens is 350 g/mol. The number of fused-ring (bicyclic) bond motifs is 1. The van der Waals surface area contributed by atoms with Crippen molar-refractivity contribution >= 4 is 34.4 Å². The zero-order valence-corrected chi connectivity index (χ0v) is 15.5. The van der Waals surface area contributed by atoms with Crippen LogP contribution < -0.4 is 4.90 Å². The van der Waals surface area contributed by atoms with Crippen LogP contribution in [0.3, 0.4) is 0 Å². The van der Waals surface area contributed by atoms with Gasteiger partial charge in [0.25, 0.3) is 0 Å². The van der Waals surface area contributed by atoms with E-state index >= 15 is 0 Å². The molecule has 1 unspecified atom stereocenters. The first-order valence-corrected chi connectivity index (χ1v) is 9.03. The number of halogens is 1. The Morgan fingerprint density at radius 2 is 2.12 bits per heavy atom. The molecule has 1 atom stereocenters. The highest BCUT2D eigenvalue weighted by molar-refractivity contribution is 6.33. The molecule has 1 fully saturated rings. The maximum atomic E-state index is 11.7. The van der Waals surface area contributed by atoms with Gasteiger partial charge in [0, 0.05) is 44.4 Å². The second-order valence-corrected chi connectivity index (χ2v) is 7.04. The number of nitrogens with one attached hydrogen (secondary N) is 1. The van der Waals surface area contributed by atoms with E-state index in [0.717, 1.165) is 41.3 Å². The van der Waals surface area contributed by atoms with Crippen molar-refractivity contribution in [2.45, 2.75) is 19.9 Å². The molecule has 0 aliphatic carbocycles. The number of nitrogens with zero attached hydrogens (tertiary/aromatic N) is 4. The summed E-state index contributed by atoms with van der Waals surface area (Å²) in [7, 11) is 0. The molecule has 3 heterocycles.